The fraction of sp³-hybridized carbons (Fsp3) is 0.333. The van der Waals surface area contributed by atoms with Crippen LogP contribution in [0.15, 0.2) is 77.8 Å². The van der Waals surface area contributed by atoms with Gasteiger partial charge in [0, 0.05) is 25.0 Å². The van der Waals surface area contributed by atoms with Crippen LogP contribution in [0.2, 0.25) is 0 Å². The van der Waals surface area contributed by atoms with E-state index in [0.717, 1.165) is 37.1 Å². The van der Waals surface area contributed by atoms with Crippen molar-refractivity contribution >= 4 is 10.0 Å². The van der Waals surface area contributed by atoms with Gasteiger partial charge in [0.15, 0.2) is 0 Å². The summed E-state index contributed by atoms with van der Waals surface area (Å²) in [4.78, 5) is 0.362. The van der Waals surface area contributed by atoms with Gasteiger partial charge in [-0.2, -0.15) is 4.31 Å². The highest BCUT2D eigenvalue weighted by Crippen LogP contribution is 2.21. The second kappa shape index (κ2) is 9.90. The molecule has 0 saturated heterocycles. The van der Waals surface area contributed by atoms with Crippen molar-refractivity contribution < 1.29 is 8.42 Å². The number of hydrogen-bond donors (Lipinski definition) is 0. The summed E-state index contributed by atoms with van der Waals surface area (Å²) < 4.78 is 30.5. The fourth-order valence-corrected chi connectivity index (χ4v) is 4.84. The molecule has 0 N–H and O–H groups in total. The Balaban J connectivity index is 1.85. The van der Waals surface area contributed by atoms with Crippen molar-refractivity contribution in [2.75, 3.05) is 6.54 Å². The predicted molar refractivity (Wildman–Crippen MR) is 118 cm³/mol. The van der Waals surface area contributed by atoms with Gasteiger partial charge >= 0.3 is 0 Å². The molecule has 0 unspecified atom stereocenters. The highest BCUT2D eigenvalue weighted by atomic mass is 32.2. The third-order valence-electron chi connectivity index (χ3n) is 5.13. The number of benzene rings is 2. The summed E-state index contributed by atoms with van der Waals surface area (Å²) in [6.45, 7) is 5.73. The second-order valence-electron chi connectivity index (χ2n) is 7.47. The average molecular weight is 411 g/mol. The predicted octanol–water partition coefficient (Wildman–Crippen LogP) is 5.23. The number of rotatable bonds is 10. The molecule has 0 bridgehead atoms. The summed E-state index contributed by atoms with van der Waals surface area (Å²) in [5.41, 5.74) is 3.25. The first-order valence-corrected chi connectivity index (χ1v) is 11.7. The van der Waals surface area contributed by atoms with Crippen LogP contribution < -0.4 is 0 Å². The summed E-state index contributed by atoms with van der Waals surface area (Å²) in [6.07, 6.45) is 4.96. The van der Waals surface area contributed by atoms with Crippen molar-refractivity contribution in [3.63, 3.8) is 0 Å². The van der Waals surface area contributed by atoms with E-state index in [1.54, 1.807) is 16.4 Å². The third kappa shape index (κ3) is 5.58. The van der Waals surface area contributed by atoms with Crippen LogP contribution in [0.5, 0.6) is 0 Å². The summed E-state index contributed by atoms with van der Waals surface area (Å²) in [6, 6.07) is 21.4. The maximum absolute atomic E-state index is 13.4. The number of aryl methyl sites for hydroxylation is 1. The Hall–Kier alpha value is -2.37. The van der Waals surface area contributed by atoms with Crippen molar-refractivity contribution in [2.24, 2.45) is 0 Å². The Bertz CT molecular complexity index is 993. The standard InChI is InChI=1S/C24H30N2O2S/c1-3-4-8-18-26(29(27,28)24-15-13-21(2)14-16-24)20-23-12-9-17-25(23)19-22-10-6-5-7-11-22/h5-7,9-17H,3-4,8,18-20H2,1-2H3. The molecule has 3 rings (SSSR count). The molecule has 2 aromatic carbocycles. The van der Waals surface area contributed by atoms with Crippen LogP contribution in [0.25, 0.3) is 0 Å². The van der Waals surface area contributed by atoms with Crippen molar-refractivity contribution in [1.29, 1.82) is 0 Å². The van der Waals surface area contributed by atoms with Gasteiger partial charge in [0.1, 0.15) is 0 Å². The zero-order valence-electron chi connectivity index (χ0n) is 17.3. The number of hydrogen-bond acceptors (Lipinski definition) is 2. The van der Waals surface area contributed by atoms with Gasteiger partial charge in [-0.15, -0.1) is 0 Å². The van der Waals surface area contributed by atoms with Crippen LogP contribution in [-0.2, 0) is 23.1 Å². The molecule has 4 nitrogen and oxygen atoms in total. The topological polar surface area (TPSA) is 42.3 Å². The first kappa shape index (κ1) is 21.3. The normalized spacial score (nSPS) is 11.8. The summed E-state index contributed by atoms with van der Waals surface area (Å²) in [5, 5.41) is 0. The lowest BCUT2D eigenvalue weighted by Crippen LogP contribution is -2.32. The van der Waals surface area contributed by atoms with E-state index < -0.39 is 10.0 Å². The Kier molecular flexibility index (Phi) is 7.29. The molecule has 0 atom stereocenters. The molecule has 29 heavy (non-hydrogen) atoms. The van der Waals surface area contributed by atoms with Gasteiger partial charge in [0.05, 0.1) is 11.4 Å². The second-order valence-corrected chi connectivity index (χ2v) is 9.41. The Morgan fingerprint density at radius 3 is 2.31 bits per heavy atom. The molecule has 5 heteroatoms. The molecule has 0 saturated carbocycles. The molecule has 1 aromatic heterocycles. The molecule has 0 aliphatic rings. The van der Waals surface area contributed by atoms with Crippen LogP contribution in [0.1, 0.15) is 43.0 Å². The van der Waals surface area contributed by atoms with Gasteiger partial charge in [0.25, 0.3) is 0 Å². The number of unbranched alkanes of at least 4 members (excludes halogenated alkanes) is 2. The molecular formula is C24H30N2O2S. The molecule has 1 heterocycles. The van der Waals surface area contributed by atoms with E-state index in [2.05, 4.69) is 23.6 Å². The number of aromatic nitrogens is 1. The Morgan fingerprint density at radius 2 is 1.62 bits per heavy atom. The van der Waals surface area contributed by atoms with Crippen molar-refractivity contribution in [2.45, 2.75) is 51.1 Å². The molecule has 0 fully saturated rings. The highest BCUT2D eigenvalue weighted by molar-refractivity contribution is 7.89. The summed E-state index contributed by atoms with van der Waals surface area (Å²) in [5.74, 6) is 0. The average Bonchev–Trinajstić information content (AvgIpc) is 3.15. The van der Waals surface area contributed by atoms with Crippen molar-refractivity contribution in [1.82, 2.24) is 8.87 Å². The number of nitrogens with zero attached hydrogens (tertiary/aromatic N) is 2. The summed E-state index contributed by atoms with van der Waals surface area (Å²) in [7, 11) is -3.54. The third-order valence-corrected chi connectivity index (χ3v) is 6.99. The van der Waals surface area contributed by atoms with Crippen LogP contribution in [0.3, 0.4) is 0 Å². The molecule has 154 valence electrons. The maximum atomic E-state index is 13.4. The van der Waals surface area contributed by atoms with E-state index in [9.17, 15) is 8.42 Å². The van der Waals surface area contributed by atoms with E-state index in [0.29, 0.717) is 18.0 Å². The first-order chi connectivity index (χ1) is 14.0. The van der Waals surface area contributed by atoms with E-state index in [1.807, 2.05) is 55.6 Å². The SMILES string of the molecule is CCCCCN(Cc1cccn1Cc1ccccc1)S(=O)(=O)c1ccc(C)cc1. The molecule has 0 spiro atoms. The van der Waals surface area contributed by atoms with Crippen molar-refractivity contribution in [3.05, 3.63) is 89.7 Å². The monoisotopic (exact) mass is 410 g/mol. The molecule has 0 amide bonds. The van der Waals surface area contributed by atoms with Gasteiger partial charge in [-0.1, -0.05) is 67.8 Å². The minimum atomic E-state index is -3.54. The maximum Gasteiger partial charge on any atom is 0.243 e. The molecule has 0 aliphatic carbocycles. The Morgan fingerprint density at radius 1 is 0.897 bits per heavy atom. The zero-order valence-corrected chi connectivity index (χ0v) is 18.1. The van der Waals surface area contributed by atoms with Crippen molar-refractivity contribution in [3.8, 4) is 0 Å². The van der Waals surface area contributed by atoms with E-state index in [4.69, 9.17) is 0 Å². The van der Waals surface area contributed by atoms with E-state index >= 15 is 0 Å². The minimum absolute atomic E-state index is 0.362. The lowest BCUT2D eigenvalue weighted by atomic mass is 10.2. The van der Waals surface area contributed by atoms with Crippen LogP contribution in [-0.4, -0.2) is 23.8 Å². The summed E-state index contributed by atoms with van der Waals surface area (Å²) >= 11 is 0. The molecule has 3 aromatic rings. The largest absolute Gasteiger partial charge is 0.346 e. The van der Waals surface area contributed by atoms with Gasteiger partial charge < -0.3 is 4.57 Å². The van der Waals surface area contributed by atoms with Crippen LogP contribution in [0.4, 0.5) is 0 Å². The molecule has 0 aliphatic heterocycles. The first-order valence-electron chi connectivity index (χ1n) is 10.3. The van der Waals surface area contributed by atoms with Gasteiger partial charge in [-0.25, -0.2) is 8.42 Å². The van der Waals surface area contributed by atoms with Gasteiger partial charge in [0.2, 0.25) is 10.0 Å². The fourth-order valence-electron chi connectivity index (χ4n) is 3.39. The Labute approximate surface area is 174 Å². The lowest BCUT2D eigenvalue weighted by Gasteiger charge is -2.23. The van der Waals surface area contributed by atoms with E-state index in [1.165, 1.54) is 5.56 Å². The van der Waals surface area contributed by atoms with Gasteiger partial charge in [-0.05, 0) is 43.2 Å². The lowest BCUT2D eigenvalue weighted by molar-refractivity contribution is 0.385. The highest BCUT2D eigenvalue weighted by Gasteiger charge is 2.25. The molecular weight excluding hydrogens is 380 g/mol. The van der Waals surface area contributed by atoms with Crippen LogP contribution in [0, 0.1) is 6.92 Å². The zero-order chi connectivity index (χ0) is 20.7. The smallest absolute Gasteiger partial charge is 0.243 e. The quantitative estimate of drug-likeness (QED) is 0.430. The van der Waals surface area contributed by atoms with Gasteiger partial charge in [-0.3, -0.25) is 0 Å². The number of sulfonamides is 1. The van der Waals surface area contributed by atoms with E-state index in [-0.39, 0.29) is 0 Å². The minimum Gasteiger partial charge on any atom is -0.346 e. The molecule has 0 radical (unpaired) electrons. The van der Waals surface area contributed by atoms with Crippen LogP contribution >= 0.6 is 0 Å².